The number of ether oxygens (including phenoxy) is 2. The van der Waals surface area contributed by atoms with Crippen molar-refractivity contribution in [2.45, 2.75) is 26.3 Å². The number of rotatable bonds is 7. The molecular weight excluding hydrogens is 202 g/mol. The molecule has 1 rings (SSSR count). The first kappa shape index (κ1) is 12.8. The summed E-state index contributed by atoms with van der Waals surface area (Å²) in [5.74, 6) is 1.61. The van der Waals surface area contributed by atoms with E-state index in [1.54, 1.807) is 7.11 Å². The Hall–Kier alpha value is -1.22. The Labute approximate surface area is 97.8 Å². The van der Waals surface area contributed by atoms with Gasteiger partial charge in [0.15, 0.2) is 11.5 Å². The van der Waals surface area contributed by atoms with Gasteiger partial charge in [-0.25, -0.2) is 0 Å². The molecule has 0 unspecified atom stereocenters. The lowest BCUT2D eigenvalue weighted by atomic mass is 10.3. The molecule has 0 aliphatic heterocycles. The molecule has 16 heavy (non-hydrogen) atoms. The number of para-hydroxylation sites is 2. The molecule has 3 nitrogen and oxygen atoms in total. The summed E-state index contributed by atoms with van der Waals surface area (Å²) in [6.45, 7) is 5.97. The molecule has 0 amide bonds. The SMILES string of the molecule is COc1ccccc1OCCCNC(C)C. The van der Waals surface area contributed by atoms with Crippen LogP contribution in [0.4, 0.5) is 0 Å². The van der Waals surface area contributed by atoms with Gasteiger partial charge in [0.1, 0.15) is 0 Å². The summed E-state index contributed by atoms with van der Waals surface area (Å²) in [6.07, 6.45) is 0.996. The average molecular weight is 223 g/mol. The molecule has 0 aliphatic carbocycles. The summed E-state index contributed by atoms with van der Waals surface area (Å²) in [6, 6.07) is 8.25. The second-order valence-corrected chi connectivity index (χ2v) is 3.96. The summed E-state index contributed by atoms with van der Waals surface area (Å²) in [5.41, 5.74) is 0. The van der Waals surface area contributed by atoms with E-state index in [1.807, 2.05) is 24.3 Å². The Morgan fingerprint density at radius 1 is 1.19 bits per heavy atom. The molecule has 1 N–H and O–H groups in total. The normalized spacial score (nSPS) is 10.5. The van der Waals surface area contributed by atoms with Crippen molar-refractivity contribution in [3.63, 3.8) is 0 Å². The summed E-state index contributed by atoms with van der Waals surface area (Å²) in [7, 11) is 1.66. The largest absolute Gasteiger partial charge is 0.493 e. The molecular formula is C13H21NO2. The van der Waals surface area contributed by atoms with Gasteiger partial charge in [0, 0.05) is 6.04 Å². The second-order valence-electron chi connectivity index (χ2n) is 3.96. The minimum absolute atomic E-state index is 0.534. The van der Waals surface area contributed by atoms with Crippen LogP contribution in [-0.4, -0.2) is 26.3 Å². The van der Waals surface area contributed by atoms with Crippen LogP contribution in [0.3, 0.4) is 0 Å². The molecule has 0 fully saturated rings. The third-order valence-electron chi connectivity index (χ3n) is 2.20. The van der Waals surface area contributed by atoms with Gasteiger partial charge < -0.3 is 14.8 Å². The average Bonchev–Trinajstić information content (AvgIpc) is 2.29. The predicted octanol–water partition coefficient (Wildman–Crippen LogP) is 2.46. The Morgan fingerprint density at radius 3 is 2.50 bits per heavy atom. The van der Waals surface area contributed by atoms with Crippen LogP contribution in [0.5, 0.6) is 11.5 Å². The van der Waals surface area contributed by atoms with Gasteiger partial charge in [-0.15, -0.1) is 0 Å². The van der Waals surface area contributed by atoms with Crippen molar-refractivity contribution in [2.24, 2.45) is 0 Å². The Kier molecular flexibility index (Phi) is 5.72. The predicted molar refractivity (Wildman–Crippen MR) is 66.2 cm³/mol. The van der Waals surface area contributed by atoms with Crippen LogP contribution in [0.15, 0.2) is 24.3 Å². The van der Waals surface area contributed by atoms with E-state index >= 15 is 0 Å². The molecule has 1 aromatic rings. The minimum atomic E-state index is 0.534. The molecule has 0 aromatic heterocycles. The maximum atomic E-state index is 5.64. The van der Waals surface area contributed by atoms with Crippen molar-refractivity contribution in [3.05, 3.63) is 24.3 Å². The van der Waals surface area contributed by atoms with Crippen LogP contribution in [0.2, 0.25) is 0 Å². The van der Waals surface area contributed by atoms with Gasteiger partial charge in [0.25, 0.3) is 0 Å². The van der Waals surface area contributed by atoms with Gasteiger partial charge in [-0.3, -0.25) is 0 Å². The second kappa shape index (κ2) is 7.12. The standard InChI is InChI=1S/C13H21NO2/c1-11(2)14-9-6-10-16-13-8-5-4-7-12(13)15-3/h4-5,7-8,11,14H,6,9-10H2,1-3H3. The fourth-order valence-corrected chi connectivity index (χ4v) is 1.38. The minimum Gasteiger partial charge on any atom is -0.493 e. The first-order valence-corrected chi connectivity index (χ1v) is 5.73. The first-order chi connectivity index (χ1) is 7.74. The highest BCUT2D eigenvalue weighted by Gasteiger charge is 2.01. The zero-order valence-corrected chi connectivity index (χ0v) is 10.3. The van der Waals surface area contributed by atoms with Gasteiger partial charge in [0.2, 0.25) is 0 Å². The van der Waals surface area contributed by atoms with Crippen LogP contribution in [0.25, 0.3) is 0 Å². The first-order valence-electron chi connectivity index (χ1n) is 5.73. The zero-order chi connectivity index (χ0) is 11.8. The van der Waals surface area contributed by atoms with Crippen molar-refractivity contribution in [3.8, 4) is 11.5 Å². The molecule has 0 aliphatic rings. The lowest BCUT2D eigenvalue weighted by Crippen LogP contribution is -2.24. The number of benzene rings is 1. The summed E-state index contributed by atoms with van der Waals surface area (Å²) in [5, 5.41) is 3.35. The maximum absolute atomic E-state index is 5.64. The van der Waals surface area contributed by atoms with E-state index in [2.05, 4.69) is 19.2 Å². The third kappa shape index (κ3) is 4.53. The Morgan fingerprint density at radius 2 is 1.88 bits per heavy atom. The van der Waals surface area contributed by atoms with Gasteiger partial charge in [-0.2, -0.15) is 0 Å². The number of hydrogen-bond donors (Lipinski definition) is 1. The van der Waals surface area contributed by atoms with Crippen molar-refractivity contribution >= 4 is 0 Å². The summed E-state index contributed by atoms with van der Waals surface area (Å²) < 4.78 is 10.8. The zero-order valence-electron chi connectivity index (χ0n) is 10.3. The Balaban J connectivity index is 2.26. The molecule has 0 atom stereocenters. The summed E-state index contributed by atoms with van der Waals surface area (Å²) >= 11 is 0. The highest BCUT2D eigenvalue weighted by molar-refractivity contribution is 5.39. The molecule has 0 saturated heterocycles. The lowest BCUT2D eigenvalue weighted by Gasteiger charge is -2.11. The fourth-order valence-electron chi connectivity index (χ4n) is 1.38. The molecule has 0 spiro atoms. The van der Waals surface area contributed by atoms with Crippen LogP contribution in [-0.2, 0) is 0 Å². The van der Waals surface area contributed by atoms with Gasteiger partial charge in [-0.1, -0.05) is 26.0 Å². The monoisotopic (exact) mass is 223 g/mol. The molecule has 90 valence electrons. The molecule has 0 saturated carbocycles. The van der Waals surface area contributed by atoms with E-state index in [1.165, 1.54) is 0 Å². The quantitative estimate of drug-likeness (QED) is 0.720. The van der Waals surface area contributed by atoms with Crippen LogP contribution in [0.1, 0.15) is 20.3 Å². The van der Waals surface area contributed by atoms with Crippen molar-refractivity contribution < 1.29 is 9.47 Å². The van der Waals surface area contributed by atoms with Crippen LogP contribution < -0.4 is 14.8 Å². The van der Waals surface area contributed by atoms with Gasteiger partial charge >= 0.3 is 0 Å². The van der Waals surface area contributed by atoms with E-state index in [4.69, 9.17) is 9.47 Å². The van der Waals surface area contributed by atoms with Crippen molar-refractivity contribution in [1.29, 1.82) is 0 Å². The van der Waals surface area contributed by atoms with Gasteiger partial charge in [0.05, 0.1) is 13.7 Å². The van der Waals surface area contributed by atoms with Gasteiger partial charge in [-0.05, 0) is 25.1 Å². The van der Waals surface area contributed by atoms with E-state index in [-0.39, 0.29) is 0 Å². The Bertz CT molecular complexity index is 300. The smallest absolute Gasteiger partial charge is 0.161 e. The number of methoxy groups -OCH3 is 1. The molecule has 0 bridgehead atoms. The number of nitrogens with one attached hydrogen (secondary N) is 1. The van der Waals surface area contributed by atoms with Crippen molar-refractivity contribution in [2.75, 3.05) is 20.3 Å². The van der Waals surface area contributed by atoms with Crippen LogP contribution >= 0.6 is 0 Å². The molecule has 0 heterocycles. The highest BCUT2D eigenvalue weighted by Crippen LogP contribution is 2.25. The van der Waals surface area contributed by atoms with Crippen LogP contribution in [0, 0.1) is 0 Å². The molecule has 1 aromatic carbocycles. The van der Waals surface area contributed by atoms with E-state index < -0.39 is 0 Å². The summed E-state index contributed by atoms with van der Waals surface area (Å²) in [4.78, 5) is 0. The van der Waals surface area contributed by atoms with E-state index in [9.17, 15) is 0 Å². The lowest BCUT2D eigenvalue weighted by molar-refractivity contribution is 0.286. The van der Waals surface area contributed by atoms with E-state index in [0.717, 1.165) is 24.5 Å². The number of hydrogen-bond acceptors (Lipinski definition) is 3. The highest BCUT2D eigenvalue weighted by atomic mass is 16.5. The molecule has 0 radical (unpaired) electrons. The molecule has 3 heteroatoms. The maximum Gasteiger partial charge on any atom is 0.161 e. The third-order valence-corrected chi connectivity index (χ3v) is 2.20. The fraction of sp³-hybridized carbons (Fsp3) is 0.538. The van der Waals surface area contributed by atoms with E-state index in [0.29, 0.717) is 12.6 Å². The topological polar surface area (TPSA) is 30.5 Å². The van der Waals surface area contributed by atoms with Crippen molar-refractivity contribution in [1.82, 2.24) is 5.32 Å².